The lowest BCUT2D eigenvalue weighted by Gasteiger charge is -2.33. The van der Waals surface area contributed by atoms with E-state index in [4.69, 9.17) is 9.47 Å². The van der Waals surface area contributed by atoms with Gasteiger partial charge >= 0.3 is 5.97 Å². The number of fused-ring (bicyclic) bond motifs is 1. The van der Waals surface area contributed by atoms with Gasteiger partial charge in [-0.3, -0.25) is 4.79 Å². The number of hydrogen-bond acceptors (Lipinski definition) is 6. The van der Waals surface area contributed by atoms with Crippen LogP contribution in [0.3, 0.4) is 0 Å². The monoisotopic (exact) mass is 419 g/mol. The zero-order chi connectivity index (χ0) is 20.4. The van der Waals surface area contributed by atoms with Crippen LogP contribution in [0.5, 0.6) is 5.75 Å². The molecule has 8 heteroatoms. The molecule has 0 radical (unpaired) electrons. The van der Waals surface area contributed by atoms with Crippen molar-refractivity contribution < 1.29 is 27.5 Å². The van der Waals surface area contributed by atoms with Crippen LogP contribution in [-0.4, -0.2) is 62.0 Å². The Balaban J connectivity index is 1.41. The predicted molar refractivity (Wildman–Crippen MR) is 107 cm³/mol. The van der Waals surface area contributed by atoms with Crippen molar-refractivity contribution in [2.24, 2.45) is 0 Å². The van der Waals surface area contributed by atoms with Crippen LogP contribution in [0.2, 0.25) is 0 Å². The van der Waals surface area contributed by atoms with Crippen LogP contribution in [0.1, 0.15) is 37.7 Å². The van der Waals surface area contributed by atoms with Crippen molar-refractivity contribution in [1.29, 1.82) is 0 Å². The molecule has 1 saturated carbocycles. The Labute approximate surface area is 170 Å². The third-order valence-corrected chi connectivity index (χ3v) is 7.58. The Morgan fingerprint density at radius 1 is 1.10 bits per heavy atom. The van der Waals surface area contributed by atoms with Crippen molar-refractivity contribution >= 4 is 27.8 Å². The average molecular weight is 419 g/mol. The molecule has 0 spiro atoms. The molecular weight excluding hydrogens is 394 g/mol. The lowest BCUT2D eigenvalue weighted by Crippen LogP contribution is -2.48. The van der Waals surface area contributed by atoms with Gasteiger partial charge in [-0.15, -0.1) is 0 Å². The summed E-state index contributed by atoms with van der Waals surface area (Å²) in [7, 11) is -3.11. The van der Waals surface area contributed by atoms with Crippen molar-refractivity contribution in [2.75, 3.05) is 24.7 Å². The van der Waals surface area contributed by atoms with E-state index < -0.39 is 15.8 Å². The molecule has 1 aromatic rings. The van der Waals surface area contributed by atoms with E-state index >= 15 is 0 Å². The van der Waals surface area contributed by atoms with Gasteiger partial charge in [-0.05, 0) is 31.4 Å². The van der Waals surface area contributed by atoms with Crippen LogP contribution in [0.4, 0.5) is 0 Å². The first-order chi connectivity index (χ1) is 13.9. The standard InChI is InChI=1S/C21H25NO6S/c23-20(22(17-6-2-3-7-17)18-9-10-29(25,26)14-18)13-28-21(24)16-11-15-5-1-4-8-19(15)27-12-16/h1,4-5,8,11,17-18H,2-3,6-7,9-10,12-14H2/t18-/m0/s1. The highest BCUT2D eigenvalue weighted by molar-refractivity contribution is 7.91. The fourth-order valence-corrected chi connectivity index (χ4v) is 6.12. The van der Waals surface area contributed by atoms with Gasteiger partial charge < -0.3 is 14.4 Å². The van der Waals surface area contributed by atoms with Crippen molar-refractivity contribution in [3.05, 3.63) is 35.4 Å². The van der Waals surface area contributed by atoms with Gasteiger partial charge in [0.1, 0.15) is 12.4 Å². The summed E-state index contributed by atoms with van der Waals surface area (Å²) in [5, 5.41) is 0. The number of esters is 1. The summed E-state index contributed by atoms with van der Waals surface area (Å²) in [6.07, 6.45) is 5.95. The minimum absolute atomic E-state index is 0.00103. The van der Waals surface area contributed by atoms with Crippen molar-refractivity contribution in [3.8, 4) is 5.75 Å². The van der Waals surface area contributed by atoms with E-state index in [9.17, 15) is 18.0 Å². The topological polar surface area (TPSA) is 90.0 Å². The molecule has 0 unspecified atom stereocenters. The fourth-order valence-electron chi connectivity index (χ4n) is 4.41. The SMILES string of the molecule is O=C(OCC(=O)N(C1CCCC1)[C@H]1CCS(=O)(=O)C1)C1=Cc2ccccc2OC1. The van der Waals surface area contributed by atoms with Gasteiger partial charge in [-0.2, -0.15) is 0 Å². The number of ether oxygens (including phenoxy) is 2. The van der Waals surface area contributed by atoms with Gasteiger partial charge in [0.15, 0.2) is 16.4 Å². The Bertz CT molecular complexity index is 932. The number of rotatable bonds is 5. The molecule has 2 aliphatic heterocycles. The highest BCUT2D eigenvalue weighted by Gasteiger charge is 2.39. The van der Waals surface area contributed by atoms with E-state index in [1.165, 1.54) is 0 Å². The van der Waals surface area contributed by atoms with Crippen molar-refractivity contribution in [2.45, 2.75) is 44.2 Å². The van der Waals surface area contributed by atoms with Gasteiger partial charge in [0.25, 0.3) is 5.91 Å². The quantitative estimate of drug-likeness (QED) is 0.678. The van der Waals surface area contributed by atoms with Crippen LogP contribution < -0.4 is 4.74 Å². The molecule has 156 valence electrons. The molecule has 1 atom stereocenters. The first-order valence-corrected chi connectivity index (χ1v) is 11.9. The Kier molecular flexibility index (Phi) is 5.63. The van der Waals surface area contributed by atoms with Crippen LogP contribution in [0.25, 0.3) is 6.08 Å². The highest BCUT2D eigenvalue weighted by atomic mass is 32.2. The molecule has 1 amide bonds. The fraction of sp³-hybridized carbons (Fsp3) is 0.524. The van der Waals surface area contributed by atoms with Gasteiger partial charge in [-0.1, -0.05) is 31.0 Å². The Hall–Kier alpha value is -2.35. The van der Waals surface area contributed by atoms with Crippen LogP contribution in [0.15, 0.2) is 29.8 Å². The largest absolute Gasteiger partial charge is 0.488 e. The molecule has 1 aromatic carbocycles. The summed E-state index contributed by atoms with van der Waals surface area (Å²) in [5.74, 6) is -0.0883. The van der Waals surface area contributed by atoms with Crippen molar-refractivity contribution in [1.82, 2.24) is 4.90 Å². The molecule has 2 fully saturated rings. The molecule has 7 nitrogen and oxygen atoms in total. The second kappa shape index (κ2) is 8.18. The number of amides is 1. The van der Waals surface area contributed by atoms with Crippen LogP contribution in [-0.2, 0) is 24.2 Å². The first-order valence-electron chi connectivity index (χ1n) is 10.0. The summed E-state index contributed by atoms with van der Waals surface area (Å²) < 4.78 is 34.7. The zero-order valence-electron chi connectivity index (χ0n) is 16.2. The maximum absolute atomic E-state index is 12.9. The van der Waals surface area contributed by atoms with E-state index in [1.807, 2.05) is 24.3 Å². The molecule has 2 heterocycles. The normalized spacial score (nSPS) is 23.0. The summed E-state index contributed by atoms with van der Waals surface area (Å²) in [5.41, 5.74) is 1.15. The number of benzene rings is 1. The summed E-state index contributed by atoms with van der Waals surface area (Å²) in [6.45, 7) is -0.290. The predicted octanol–water partition coefficient (Wildman–Crippen LogP) is 1.96. The van der Waals surface area contributed by atoms with E-state index in [0.717, 1.165) is 31.2 Å². The molecule has 3 aliphatic rings. The third-order valence-electron chi connectivity index (χ3n) is 5.83. The van der Waals surface area contributed by atoms with Crippen molar-refractivity contribution in [3.63, 3.8) is 0 Å². The molecule has 4 rings (SSSR count). The second-order valence-electron chi connectivity index (χ2n) is 7.87. The number of carbonyl (C=O) groups is 2. The Morgan fingerprint density at radius 2 is 1.86 bits per heavy atom. The first kappa shape index (κ1) is 19.9. The molecule has 0 bridgehead atoms. The number of hydrogen-bond donors (Lipinski definition) is 0. The smallest absolute Gasteiger partial charge is 0.338 e. The number of carbonyl (C=O) groups excluding carboxylic acids is 2. The third kappa shape index (κ3) is 4.47. The van der Waals surface area contributed by atoms with E-state index in [0.29, 0.717) is 17.7 Å². The van der Waals surface area contributed by atoms with E-state index in [2.05, 4.69) is 0 Å². The zero-order valence-corrected chi connectivity index (χ0v) is 17.0. The lowest BCUT2D eigenvalue weighted by molar-refractivity contribution is -0.151. The van der Waals surface area contributed by atoms with Crippen LogP contribution >= 0.6 is 0 Å². The van der Waals surface area contributed by atoms with E-state index in [1.54, 1.807) is 11.0 Å². The van der Waals surface area contributed by atoms with Gasteiger partial charge in [0.05, 0.1) is 17.1 Å². The average Bonchev–Trinajstić information content (AvgIpc) is 3.36. The molecule has 1 saturated heterocycles. The van der Waals surface area contributed by atoms with Gasteiger partial charge in [0.2, 0.25) is 0 Å². The molecule has 1 aliphatic carbocycles. The summed E-state index contributed by atoms with van der Waals surface area (Å²) in [4.78, 5) is 27.0. The maximum atomic E-state index is 12.9. The van der Waals surface area contributed by atoms with E-state index in [-0.39, 0.29) is 42.7 Å². The molecule has 0 aromatic heterocycles. The number of para-hydroxylation sites is 1. The molecule has 29 heavy (non-hydrogen) atoms. The number of sulfone groups is 1. The second-order valence-corrected chi connectivity index (χ2v) is 10.1. The summed E-state index contributed by atoms with van der Waals surface area (Å²) in [6, 6.07) is 7.09. The van der Waals surface area contributed by atoms with Gasteiger partial charge in [-0.25, -0.2) is 13.2 Å². The minimum Gasteiger partial charge on any atom is -0.488 e. The number of nitrogens with zero attached hydrogens (tertiary/aromatic N) is 1. The molecular formula is C21H25NO6S. The summed E-state index contributed by atoms with van der Waals surface area (Å²) >= 11 is 0. The minimum atomic E-state index is -3.11. The maximum Gasteiger partial charge on any atom is 0.338 e. The van der Waals surface area contributed by atoms with Crippen LogP contribution in [0, 0.1) is 0 Å². The highest BCUT2D eigenvalue weighted by Crippen LogP contribution is 2.30. The Morgan fingerprint density at radius 3 is 2.59 bits per heavy atom. The molecule has 0 N–H and O–H groups in total. The van der Waals surface area contributed by atoms with Gasteiger partial charge in [0, 0.05) is 17.6 Å². The lowest BCUT2D eigenvalue weighted by atomic mass is 10.1.